The van der Waals surface area contributed by atoms with Crippen LogP contribution >= 0.6 is 0 Å². The maximum atomic E-state index is 11.9. The van der Waals surface area contributed by atoms with E-state index in [2.05, 4.69) is 10.1 Å². The van der Waals surface area contributed by atoms with Crippen molar-refractivity contribution in [2.24, 2.45) is 5.92 Å². The Bertz CT molecular complexity index is 707. The van der Waals surface area contributed by atoms with Gasteiger partial charge < -0.3 is 9.42 Å². The van der Waals surface area contributed by atoms with Crippen LogP contribution in [0.5, 0.6) is 0 Å². The second-order valence-corrected chi connectivity index (χ2v) is 8.78. The molecular formula is C14H23N5O4S. The van der Waals surface area contributed by atoms with Crippen LogP contribution in [0.1, 0.15) is 30.5 Å². The Morgan fingerprint density at radius 1 is 1.29 bits per heavy atom. The van der Waals surface area contributed by atoms with Gasteiger partial charge in [0.1, 0.15) is 0 Å². The smallest absolute Gasteiger partial charge is 0.281 e. The fourth-order valence-corrected chi connectivity index (χ4v) is 3.77. The number of amides is 1. The van der Waals surface area contributed by atoms with E-state index in [1.807, 2.05) is 0 Å². The summed E-state index contributed by atoms with van der Waals surface area (Å²) in [5.74, 6) is 1.34. The summed E-state index contributed by atoms with van der Waals surface area (Å²) >= 11 is 0. The molecule has 24 heavy (non-hydrogen) atoms. The molecule has 1 aliphatic heterocycles. The standard InChI is InChI=1S/C14H23N5O4S/c1-17(2)24(21,22)19-8-11(9-19)13-15-12(16-23-13)6-7-18(3)14(20)10-4-5-10/h10-11H,4-9H2,1-3H3. The van der Waals surface area contributed by atoms with Crippen molar-refractivity contribution < 1.29 is 17.7 Å². The van der Waals surface area contributed by atoms with Crippen LogP contribution in [-0.2, 0) is 21.4 Å². The highest BCUT2D eigenvalue weighted by Gasteiger charge is 2.40. The molecule has 2 heterocycles. The second-order valence-electron chi connectivity index (χ2n) is 6.64. The summed E-state index contributed by atoms with van der Waals surface area (Å²) in [6.07, 6.45) is 2.51. The Hall–Kier alpha value is -1.52. The molecule has 1 aromatic rings. The highest BCUT2D eigenvalue weighted by molar-refractivity contribution is 7.86. The van der Waals surface area contributed by atoms with Crippen LogP contribution in [0.2, 0.25) is 0 Å². The zero-order valence-corrected chi connectivity index (χ0v) is 15.0. The molecule has 0 unspecified atom stereocenters. The summed E-state index contributed by atoms with van der Waals surface area (Å²) in [7, 11) is 1.43. The van der Waals surface area contributed by atoms with Crippen LogP contribution in [-0.4, -0.2) is 78.8 Å². The van der Waals surface area contributed by atoms with E-state index in [-0.39, 0.29) is 17.7 Å². The van der Waals surface area contributed by atoms with Crippen molar-refractivity contribution in [3.05, 3.63) is 11.7 Å². The number of carbonyl (C=O) groups excluding carboxylic acids is 1. The van der Waals surface area contributed by atoms with Gasteiger partial charge in [-0.05, 0) is 12.8 Å². The average Bonchev–Trinajstić information content (AvgIpc) is 3.22. The van der Waals surface area contributed by atoms with Gasteiger partial charge in [0.05, 0.1) is 5.92 Å². The van der Waals surface area contributed by atoms with Gasteiger partial charge in [0.25, 0.3) is 10.2 Å². The normalized spacial score (nSPS) is 19.5. The minimum Gasteiger partial charge on any atom is -0.345 e. The first-order valence-corrected chi connectivity index (χ1v) is 9.43. The number of likely N-dealkylation sites (N-methyl/N-ethyl adjacent to an activating group) is 1. The van der Waals surface area contributed by atoms with Gasteiger partial charge in [0, 0.05) is 53.1 Å². The third-order valence-electron chi connectivity index (χ3n) is 4.44. The summed E-state index contributed by atoms with van der Waals surface area (Å²) < 4.78 is 31.7. The van der Waals surface area contributed by atoms with Crippen molar-refractivity contribution >= 4 is 16.1 Å². The second kappa shape index (κ2) is 6.41. The SMILES string of the molecule is CN(CCc1noc(C2CN(S(=O)(=O)N(C)C)C2)n1)C(=O)C1CC1. The van der Waals surface area contributed by atoms with Crippen LogP contribution in [0.4, 0.5) is 0 Å². The topological polar surface area (TPSA) is 99.8 Å². The first-order chi connectivity index (χ1) is 11.3. The van der Waals surface area contributed by atoms with Crippen LogP contribution in [0.3, 0.4) is 0 Å². The molecule has 0 bridgehead atoms. The van der Waals surface area contributed by atoms with Crippen molar-refractivity contribution in [2.45, 2.75) is 25.2 Å². The van der Waals surface area contributed by atoms with Gasteiger partial charge in [-0.2, -0.15) is 22.0 Å². The van der Waals surface area contributed by atoms with Gasteiger partial charge in [-0.25, -0.2) is 0 Å². The first-order valence-electron chi connectivity index (χ1n) is 8.04. The van der Waals surface area contributed by atoms with Gasteiger partial charge in [0.2, 0.25) is 11.8 Å². The Labute approximate surface area is 141 Å². The Balaban J connectivity index is 1.49. The first kappa shape index (κ1) is 17.3. The van der Waals surface area contributed by atoms with E-state index in [1.165, 1.54) is 22.7 Å². The lowest BCUT2D eigenvalue weighted by atomic mass is 10.0. The largest absolute Gasteiger partial charge is 0.345 e. The maximum Gasteiger partial charge on any atom is 0.281 e. The molecule has 1 saturated carbocycles. The van der Waals surface area contributed by atoms with Gasteiger partial charge in [0.15, 0.2) is 5.82 Å². The van der Waals surface area contributed by atoms with E-state index in [1.54, 1.807) is 11.9 Å². The Morgan fingerprint density at radius 3 is 2.54 bits per heavy atom. The lowest BCUT2D eigenvalue weighted by Gasteiger charge is -2.37. The molecule has 1 aliphatic carbocycles. The fraction of sp³-hybridized carbons (Fsp3) is 0.786. The number of hydrogen-bond acceptors (Lipinski definition) is 6. The molecule has 0 atom stereocenters. The zero-order chi connectivity index (χ0) is 17.5. The van der Waals surface area contributed by atoms with Crippen molar-refractivity contribution in [1.82, 2.24) is 23.7 Å². The predicted octanol–water partition coefficient (Wildman–Crippen LogP) is -0.314. The third kappa shape index (κ3) is 3.45. The Morgan fingerprint density at radius 2 is 1.96 bits per heavy atom. The van der Waals surface area contributed by atoms with Crippen molar-refractivity contribution in [3.8, 4) is 0 Å². The van der Waals surface area contributed by atoms with Crippen molar-refractivity contribution in [1.29, 1.82) is 0 Å². The van der Waals surface area contributed by atoms with Crippen LogP contribution < -0.4 is 0 Å². The van der Waals surface area contributed by atoms with Gasteiger partial charge in [-0.3, -0.25) is 4.79 Å². The highest BCUT2D eigenvalue weighted by Crippen LogP contribution is 2.31. The molecule has 1 amide bonds. The number of carbonyl (C=O) groups is 1. The van der Waals surface area contributed by atoms with E-state index in [0.29, 0.717) is 37.8 Å². The average molecular weight is 357 g/mol. The summed E-state index contributed by atoms with van der Waals surface area (Å²) in [4.78, 5) is 17.9. The number of hydrogen-bond donors (Lipinski definition) is 0. The molecule has 2 aliphatic rings. The summed E-state index contributed by atoms with van der Waals surface area (Å²) in [5, 5.41) is 3.93. The van der Waals surface area contributed by atoms with Gasteiger partial charge in [-0.15, -0.1) is 0 Å². The van der Waals surface area contributed by atoms with Crippen LogP contribution in [0, 0.1) is 5.92 Å². The van der Waals surface area contributed by atoms with Crippen LogP contribution in [0.25, 0.3) is 0 Å². The number of aromatic nitrogens is 2. The molecule has 1 saturated heterocycles. The highest BCUT2D eigenvalue weighted by atomic mass is 32.2. The molecule has 134 valence electrons. The predicted molar refractivity (Wildman–Crippen MR) is 85.3 cm³/mol. The van der Waals surface area contributed by atoms with E-state index < -0.39 is 10.2 Å². The molecule has 3 rings (SSSR count). The Kier molecular flexibility index (Phi) is 4.63. The molecule has 0 spiro atoms. The fourth-order valence-electron chi connectivity index (χ4n) is 2.57. The van der Waals surface area contributed by atoms with E-state index in [0.717, 1.165) is 12.8 Å². The third-order valence-corrected chi connectivity index (χ3v) is 6.32. The maximum absolute atomic E-state index is 11.9. The molecular weight excluding hydrogens is 334 g/mol. The summed E-state index contributed by atoms with van der Waals surface area (Å²) in [6, 6.07) is 0. The monoisotopic (exact) mass is 357 g/mol. The summed E-state index contributed by atoms with van der Waals surface area (Å²) in [6.45, 7) is 1.25. The number of nitrogens with zero attached hydrogens (tertiary/aromatic N) is 5. The minimum atomic E-state index is -3.37. The summed E-state index contributed by atoms with van der Waals surface area (Å²) in [5.41, 5.74) is 0. The van der Waals surface area contributed by atoms with Crippen LogP contribution in [0.15, 0.2) is 4.52 Å². The lowest BCUT2D eigenvalue weighted by molar-refractivity contribution is -0.131. The van der Waals surface area contributed by atoms with Crippen molar-refractivity contribution in [2.75, 3.05) is 40.8 Å². The number of rotatable bonds is 7. The molecule has 9 nitrogen and oxygen atoms in total. The molecule has 0 aromatic carbocycles. The molecule has 0 N–H and O–H groups in total. The molecule has 0 radical (unpaired) electrons. The van der Waals surface area contributed by atoms with Crippen molar-refractivity contribution in [3.63, 3.8) is 0 Å². The van der Waals surface area contributed by atoms with E-state index in [9.17, 15) is 13.2 Å². The molecule has 1 aromatic heterocycles. The van der Waals surface area contributed by atoms with Gasteiger partial charge >= 0.3 is 0 Å². The van der Waals surface area contributed by atoms with E-state index >= 15 is 0 Å². The van der Waals surface area contributed by atoms with E-state index in [4.69, 9.17) is 4.52 Å². The molecule has 10 heteroatoms. The zero-order valence-electron chi connectivity index (χ0n) is 14.2. The quantitative estimate of drug-likeness (QED) is 0.663. The lowest BCUT2D eigenvalue weighted by Crippen LogP contribution is -2.52. The van der Waals surface area contributed by atoms with Gasteiger partial charge in [-0.1, -0.05) is 5.16 Å². The molecule has 2 fully saturated rings. The minimum absolute atomic E-state index is 0.0631.